The molecule has 0 fully saturated rings. The number of rotatable bonds is 7. The molecule has 0 atom stereocenters. The summed E-state index contributed by atoms with van der Waals surface area (Å²) in [4.78, 5) is 13.6. The van der Waals surface area contributed by atoms with Gasteiger partial charge in [0.05, 0.1) is 16.9 Å². The maximum absolute atomic E-state index is 12.4. The van der Waals surface area contributed by atoms with E-state index in [1.807, 2.05) is 24.3 Å². The quantitative estimate of drug-likeness (QED) is 0.588. The van der Waals surface area contributed by atoms with Gasteiger partial charge in [0.2, 0.25) is 5.89 Å². The normalized spacial score (nSPS) is 11.4. The summed E-state index contributed by atoms with van der Waals surface area (Å²) in [5, 5.41) is 10.2. The Balaban J connectivity index is 1.70. The van der Waals surface area contributed by atoms with Crippen LogP contribution in [0.4, 0.5) is 6.01 Å². The molecule has 1 aromatic heterocycles. The molecular weight excluding hydrogens is 398 g/mol. The molecule has 146 valence electrons. The van der Waals surface area contributed by atoms with E-state index in [9.17, 15) is 13.2 Å². The molecule has 0 unspecified atom stereocenters. The lowest BCUT2D eigenvalue weighted by Crippen LogP contribution is -2.16. The molecule has 1 amide bonds. The van der Waals surface area contributed by atoms with Gasteiger partial charge in [-0.15, -0.1) is 16.9 Å². The summed E-state index contributed by atoms with van der Waals surface area (Å²) in [7, 11) is -3.54. The number of carbonyl (C=O) groups is 1. The lowest BCUT2D eigenvalue weighted by atomic mass is 10.1. The maximum Gasteiger partial charge on any atom is 0.322 e. The van der Waals surface area contributed by atoms with Crippen molar-refractivity contribution < 1.29 is 17.6 Å². The van der Waals surface area contributed by atoms with Crippen LogP contribution in [-0.4, -0.2) is 36.5 Å². The van der Waals surface area contributed by atoms with Crippen molar-refractivity contribution in [3.05, 3.63) is 65.5 Å². The monoisotopic (exact) mass is 417 g/mol. The van der Waals surface area contributed by atoms with E-state index >= 15 is 0 Å². The Labute approximate surface area is 167 Å². The number of nitrogens with zero attached hydrogens (tertiary/aromatic N) is 2. The molecule has 3 aromatic rings. The first-order valence-corrected chi connectivity index (χ1v) is 11.4. The van der Waals surface area contributed by atoms with Gasteiger partial charge in [-0.1, -0.05) is 36.3 Å². The van der Waals surface area contributed by atoms with Crippen LogP contribution < -0.4 is 5.32 Å². The van der Waals surface area contributed by atoms with Gasteiger partial charge in [0.15, 0.2) is 9.84 Å². The van der Waals surface area contributed by atoms with Gasteiger partial charge in [-0.25, -0.2) is 8.42 Å². The summed E-state index contributed by atoms with van der Waals surface area (Å²) in [6, 6.07) is 13.9. The molecule has 0 aliphatic heterocycles. The minimum absolute atomic E-state index is 0.0220. The van der Waals surface area contributed by atoms with E-state index in [-0.39, 0.29) is 16.5 Å². The molecule has 0 saturated heterocycles. The van der Waals surface area contributed by atoms with Crippen molar-refractivity contribution in [1.29, 1.82) is 0 Å². The molecule has 0 saturated carbocycles. The Bertz CT molecular complexity index is 1080. The Morgan fingerprint density at radius 1 is 1.11 bits per heavy atom. The van der Waals surface area contributed by atoms with Gasteiger partial charge in [-0.2, -0.15) is 0 Å². The fourth-order valence-corrected chi connectivity index (χ4v) is 4.11. The third-order valence-corrected chi connectivity index (χ3v) is 5.86. The summed E-state index contributed by atoms with van der Waals surface area (Å²) < 4.78 is 29.2. The molecule has 0 aliphatic rings. The molecule has 9 heteroatoms. The minimum atomic E-state index is -3.54. The molecule has 0 radical (unpaired) electrons. The molecule has 28 heavy (non-hydrogen) atoms. The maximum atomic E-state index is 12.4. The predicted octanol–water partition coefficient (Wildman–Crippen LogP) is 3.43. The highest BCUT2D eigenvalue weighted by molar-refractivity contribution is 7.99. The first-order chi connectivity index (χ1) is 13.4. The summed E-state index contributed by atoms with van der Waals surface area (Å²) in [6.07, 6.45) is 1.48. The number of hydrogen-bond donors (Lipinski definition) is 1. The SMILES string of the molecule is CCSc1ccc(Cc2nnc(NC(=O)c3ccccc3S(C)(=O)=O)o2)cc1. The highest BCUT2D eigenvalue weighted by atomic mass is 32.2. The van der Waals surface area contributed by atoms with Crippen molar-refractivity contribution in [2.24, 2.45) is 0 Å². The zero-order chi connectivity index (χ0) is 20.1. The van der Waals surface area contributed by atoms with Crippen molar-refractivity contribution in [2.45, 2.75) is 23.1 Å². The number of aromatic nitrogens is 2. The van der Waals surface area contributed by atoms with Gasteiger partial charge < -0.3 is 4.42 Å². The number of nitrogens with one attached hydrogen (secondary N) is 1. The second-order valence-corrected chi connectivity index (χ2v) is 9.30. The van der Waals surface area contributed by atoms with E-state index in [1.165, 1.54) is 17.0 Å². The number of thioether (sulfide) groups is 1. The van der Waals surface area contributed by atoms with Crippen molar-refractivity contribution in [1.82, 2.24) is 10.2 Å². The number of sulfone groups is 1. The summed E-state index contributed by atoms with van der Waals surface area (Å²) in [5.41, 5.74) is 1.03. The van der Waals surface area contributed by atoms with E-state index in [2.05, 4.69) is 22.4 Å². The summed E-state index contributed by atoms with van der Waals surface area (Å²) in [6.45, 7) is 2.10. The number of carbonyl (C=O) groups excluding carboxylic acids is 1. The second kappa shape index (κ2) is 8.57. The average molecular weight is 418 g/mol. The van der Waals surface area contributed by atoms with Crippen molar-refractivity contribution >= 4 is 33.5 Å². The first kappa shape index (κ1) is 20.1. The molecule has 0 spiro atoms. The lowest BCUT2D eigenvalue weighted by molar-refractivity contribution is 0.102. The fourth-order valence-electron chi connectivity index (χ4n) is 2.56. The van der Waals surface area contributed by atoms with Crippen LogP contribution in [0.5, 0.6) is 0 Å². The van der Waals surface area contributed by atoms with Gasteiger partial charge in [0.1, 0.15) is 0 Å². The third kappa shape index (κ3) is 4.99. The fraction of sp³-hybridized carbons (Fsp3) is 0.211. The van der Waals surface area contributed by atoms with Gasteiger partial charge in [0, 0.05) is 11.2 Å². The Morgan fingerprint density at radius 3 is 2.50 bits per heavy atom. The zero-order valence-corrected chi connectivity index (χ0v) is 17.0. The van der Waals surface area contributed by atoms with E-state index in [0.717, 1.165) is 17.6 Å². The van der Waals surface area contributed by atoms with Gasteiger partial charge >= 0.3 is 6.01 Å². The van der Waals surface area contributed by atoms with Gasteiger partial charge in [-0.05, 0) is 35.6 Å². The van der Waals surface area contributed by atoms with E-state index in [0.29, 0.717) is 12.3 Å². The van der Waals surface area contributed by atoms with Crippen LogP contribution in [-0.2, 0) is 16.3 Å². The Kier molecular flexibility index (Phi) is 6.15. The number of hydrogen-bond acceptors (Lipinski definition) is 7. The van der Waals surface area contributed by atoms with Gasteiger partial charge in [0.25, 0.3) is 5.91 Å². The smallest absolute Gasteiger partial charge is 0.322 e. The highest BCUT2D eigenvalue weighted by Crippen LogP contribution is 2.20. The number of benzene rings is 2. The third-order valence-electron chi connectivity index (χ3n) is 3.81. The Hall–Kier alpha value is -2.65. The summed E-state index contributed by atoms with van der Waals surface area (Å²) in [5.74, 6) is 0.730. The van der Waals surface area contributed by atoms with Crippen LogP contribution in [0.15, 0.2) is 62.7 Å². The largest absolute Gasteiger partial charge is 0.407 e. The van der Waals surface area contributed by atoms with E-state index in [1.54, 1.807) is 23.9 Å². The zero-order valence-electron chi connectivity index (χ0n) is 15.4. The van der Waals surface area contributed by atoms with E-state index < -0.39 is 15.7 Å². The second-order valence-electron chi connectivity index (χ2n) is 5.98. The number of anilines is 1. The van der Waals surface area contributed by atoms with Crippen LogP contribution in [0.25, 0.3) is 0 Å². The first-order valence-electron chi connectivity index (χ1n) is 8.51. The molecule has 3 rings (SSSR count). The van der Waals surface area contributed by atoms with Gasteiger partial charge in [-0.3, -0.25) is 10.1 Å². The molecular formula is C19H19N3O4S2. The minimum Gasteiger partial charge on any atom is -0.407 e. The molecule has 0 bridgehead atoms. The van der Waals surface area contributed by atoms with Crippen LogP contribution in [0.3, 0.4) is 0 Å². The van der Waals surface area contributed by atoms with Crippen LogP contribution in [0.2, 0.25) is 0 Å². The standard InChI is InChI=1S/C19H19N3O4S2/c1-3-27-14-10-8-13(9-11-14)12-17-21-22-19(26-17)20-18(23)15-6-4-5-7-16(15)28(2,24)25/h4-11H,3,12H2,1-2H3,(H,20,22,23). The average Bonchev–Trinajstić information content (AvgIpc) is 3.09. The predicted molar refractivity (Wildman–Crippen MR) is 107 cm³/mol. The highest BCUT2D eigenvalue weighted by Gasteiger charge is 2.20. The molecule has 1 heterocycles. The Morgan fingerprint density at radius 2 is 1.82 bits per heavy atom. The molecule has 2 aromatic carbocycles. The molecule has 7 nitrogen and oxygen atoms in total. The molecule has 0 aliphatic carbocycles. The topological polar surface area (TPSA) is 102 Å². The van der Waals surface area contributed by atoms with Crippen molar-refractivity contribution in [2.75, 3.05) is 17.3 Å². The van der Waals surface area contributed by atoms with Crippen LogP contribution >= 0.6 is 11.8 Å². The molecule has 1 N–H and O–H groups in total. The van der Waals surface area contributed by atoms with Crippen LogP contribution in [0, 0.1) is 0 Å². The van der Waals surface area contributed by atoms with Crippen LogP contribution in [0.1, 0.15) is 28.7 Å². The van der Waals surface area contributed by atoms with E-state index in [4.69, 9.17) is 4.42 Å². The number of amides is 1. The lowest BCUT2D eigenvalue weighted by Gasteiger charge is -2.06. The van der Waals surface area contributed by atoms with Crippen molar-refractivity contribution in [3.63, 3.8) is 0 Å². The van der Waals surface area contributed by atoms with Crippen molar-refractivity contribution in [3.8, 4) is 0 Å². The summed E-state index contributed by atoms with van der Waals surface area (Å²) >= 11 is 1.76.